The van der Waals surface area contributed by atoms with Crippen LogP contribution >= 0.6 is 0 Å². The van der Waals surface area contributed by atoms with Gasteiger partial charge in [-0.1, -0.05) is 6.07 Å². The molecule has 0 amide bonds. The average Bonchev–Trinajstić information content (AvgIpc) is 2.62. The fourth-order valence-corrected chi connectivity index (χ4v) is 2.40. The zero-order valence-electron chi connectivity index (χ0n) is 12.2. The van der Waals surface area contributed by atoms with E-state index in [1.165, 1.54) is 0 Å². The van der Waals surface area contributed by atoms with E-state index in [1.54, 1.807) is 36.8 Å². The molecule has 1 N–H and O–H groups in total. The summed E-state index contributed by atoms with van der Waals surface area (Å²) in [5.41, 5.74) is 0.858. The fourth-order valence-electron chi connectivity index (χ4n) is 2.04. The van der Waals surface area contributed by atoms with Crippen molar-refractivity contribution in [1.29, 1.82) is 0 Å². The lowest BCUT2D eigenvalue weighted by Crippen LogP contribution is -2.03. The molecule has 3 rings (SSSR count). The van der Waals surface area contributed by atoms with Crippen LogP contribution in [0.2, 0.25) is 0 Å². The minimum absolute atomic E-state index is 0.467. The second kappa shape index (κ2) is 7.42. The van der Waals surface area contributed by atoms with Crippen LogP contribution in [0.3, 0.4) is 0 Å². The Hall–Kier alpha value is -2.86. The van der Waals surface area contributed by atoms with E-state index in [4.69, 9.17) is 4.74 Å². The molecule has 23 heavy (non-hydrogen) atoms. The van der Waals surface area contributed by atoms with Crippen LogP contribution in [-0.4, -0.2) is 9.97 Å². The summed E-state index contributed by atoms with van der Waals surface area (Å²) >= 11 is 0.467. The molecule has 5 nitrogen and oxygen atoms in total. The van der Waals surface area contributed by atoms with Gasteiger partial charge in [0.05, 0.1) is 6.20 Å². The smallest absolute Gasteiger partial charge is 0.456 e. The first-order valence-electron chi connectivity index (χ1n) is 7.01. The molecular formula is C17H14N3O2S+. The van der Waals surface area contributed by atoms with Gasteiger partial charge in [-0.25, -0.2) is 4.98 Å². The monoisotopic (exact) mass is 324 g/mol. The second-order valence-corrected chi connectivity index (χ2v) is 5.32. The average molecular weight is 324 g/mol. The Morgan fingerprint density at radius 2 is 2.00 bits per heavy atom. The van der Waals surface area contributed by atoms with Crippen molar-refractivity contribution >= 4 is 17.5 Å². The summed E-state index contributed by atoms with van der Waals surface area (Å²) < 4.78 is 17.0. The van der Waals surface area contributed by atoms with E-state index in [9.17, 15) is 4.21 Å². The summed E-state index contributed by atoms with van der Waals surface area (Å²) in [6, 6.07) is 14.7. The van der Waals surface area contributed by atoms with Gasteiger partial charge in [-0.2, -0.15) is 0 Å². The Morgan fingerprint density at radius 3 is 2.74 bits per heavy atom. The van der Waals surface area contributed by atoms with Crippen LogP contribution in [0.5, 0.6) is 11.5 Å². The van der Waals surface area contributed by atoms with E-state index in [1.807, 2.05) is 30.3 Å². The van der Waals surface area contributed by atoms with Gasteiger partial charge in [0.1, 0.15) is 17.3 Å². The van der Waals surface area contributed by atoms with Crippen molar-refractivity contribution in [2.24, 2.45) is 0 Å². The Bertz CT molecular complexity index is 782. The number of nitrogens with one attached hydrogen (secondary N) is 1. The molecule has 0 fully saturated rings. The molecule has 0 aliphatic carbocycles. The van der Waals surface area contributed by atoms with E-state index < -0.39 is 0 Å². The topological polar surface area (TPSA) is 64.1 Å². The molecule has 0 saturated carbocycles. The van der Waals surface area contributed by atoms with Gasteiger partial charge >= 0.3 is 11.7 Å². The summed E-state index contributed by atoms with van der Waals surface area (Å²) in [4.78, 5) is 8.88. The van der Waals surface area contributed by atoms with Crippen LogP contribution in [0.4, 0.5) is 5.82 Å². The van der Waals surface area contributed by atoms with Gasteiger partial charge in [0, 0.05) is 34.8 Å². The Morgan fingerprint density at radius 1 is 1.04 bits per heavy atom. The van der Waals surface area contributed by atoms with Crippen molar-refractivity contribution < 1.29 is 8.95 Å². The molecule has 6 heteroatoms. The van der Waals surface area contributed by atoms with E-state index in [2.05, 4.69) is 15.3 Å². The Balaban J connectivity index is 1.77. The molecule has 2 aromatic heterocycles. The highest BCUT2D eigenvalue weighted by Gasteiger charge is 2.15. The molecule has 0 spiro atoms. The first kappa shape index (κ1) is 15.1. The molecule has 1 aromatic carbocycles. The normalized spacial score (nSPS) is 10.1. The van der Waals surface area contributed by atoms with E-state index in [0.29, 0.717) is 34.6 Å². The molecule has 0 aliphatic heterocycles. The summed E-state index contributed by atoms with van der Waals surface area (Å²) in [6.07, 6.45) is 5.04. The third kappa shape index (κ3) is 4.08. The number of rotatable bonds is 6. The van der Waals surface area contributed by atoms with Crippen molar-refractivity contribution in [3.8, 4) is 11.5 Å². The molecule has 0 saturated heterocycles. The van der Waals surface area contributed by atoms with Gasteiger partial charge in [0.15, 0.2) is 0 Å². The molecule has 114 valence electrons. The molecule has 0 radical (unpaired) electrons. The molecule has 0 aliphatic rings. The van der Waals surface area contributed by atoms with E-state index in [0.717, 1.165) is 11.4 Å². The SMILES string of the molecule is O=[S+]c1ccc(Oc2cccnc2)cc1CNc1ccccn1. The minimum atomic E-state index is 0.467. The predicted octanol–water partition coefficient (Wildman–Crippen LogP) is 3.67. The molecule has 2 heterocycles. The maximum absolute atomic E-state index is 11.3. The lowest BCUT2D eigenvalue weighted by molar-refractivity contribution is 0.479. The predicted molar refractivity (Wildman–Crippen MR) is 88.6 cm³/mol. The lowest BCUT2D eigenvalue weighted by Gasteiger charge is -2.08. The summed E-state index contributed by atoms with van der Waals surface area (Å²) in [6.45, 7) is 0.492. The van der Waals surface area contributed by atoms with Gasteiger partial charge in [0.2, 0.25) is 0 Å². The highest BCUT2D eigenvalue weighted by Crippen LogP contribution is 2.24. The number of pyridine rings is 2. The molecule has 0 atom stereocenters. The second-order valence-electron chi connectivity index (χ2n) is 4.71. The largest absolute Gasteiger partial charge is 0.505 e. The zero-order chi connectivity index (χ0) is 15.9. The molecular weight excluding hydrogens is 310 g/mol. The summed E-state index contributed by atoms with van der Waals surface area (Å²) in [5.74, 6) is 2.07. The van der Waals surface area contributed by atoms with Crippen molar-refractivity contribution in [2.75, 3.05) is 5.32 Å². The number of hydrogen-bond acceptors (Lipinski definition) is 5. The van der Waals surface area contributed by atoms with Crippen molar-refractivity contribution in [3.63, 3.8) is 0 Å². The zero-order valence-corrected chi connectivity index (χ0v) is 13.0. The van der Waals surface area contributed by atoms with E-state index in [-0.39, 0.29) is 0 Å². The van der Waals surface area contributed by atoms with Crippen LogP contribution in [-0.2, 0) is 22.4 Å². The van der Waals surface area contributed by atoms with Crippen LogP contribution < -0.4 is 10.1 Å². The van der Waals surface area contributed by atoms with Crippen LogP contribution in [0, 0.1) is 0 Å². The van der Waals surface area contributed by atoms with Gasteiger partial charge in [-0.3, -0.25) is 4.98 Å². The van der Waals surface area contributed by atoms with Crippen LogP contribution in [0.15, 0.2) is 72.0 Å². The Labute approximate surface area is 137 Å². The quantitative estimate of drug-likeness (QED) is 0.701. The van der Waals surface area contributed by atoms with Gasteiger partial charge in [-0.15, -0.1) is 0 Å². The van der Waals surface area contributed by atoms with Crippen molar-refractivity contribution in [3.05, 3.63) is 72.7 Å². The maximum atomic E-state index is 11.3. The standard InChI is InChI=1S/C17H14N3O2S/c21-23-16-7-6-14(22-15-4-3-8-18-12-15)10-13(16)11-20-17-5-1-2-9-19-17/h1-10,12H,11H2,(H,19,20)/q+1. The van der Waals surface area contributed by atoms with E-state index >= 15 is 0 Å². The third-order valence-corrected chi connectivity index (χ3v) is 3.69. The molecule has 0 bridgehead atoms. The van der Waals surface area contributed by atoms with Crippen LogP contribution in [0.1, 0.15) is 5.56 Å². The first-order chi connectivity index (χ1) is 11.3. The summed E-state index contributed by atoms with van der Waals surface area (Å²) in [7, 11) is 0. The molecule has 0 unspecified atom stereocenters. The number of ether oxygens (including phenoxy) is 1. The fraction of sp³-hybridized carbons (Fsp3) is 0.0588. The maximum Gasteiger partial charge on any atom is 0.505 e. The van der Waals surface area contributed by atoms with Crippen LogP contribution in [0.25, 0.3) is 0 Å². The lowest BCUT2D eigenvalue weighted by atomic mass is 10.2. The number of nitrogens with zero attached hydrogens (tertiary/aromatic N) is 2. The summed E-state index contributed by atoms with van der Waals surface area (Å²) in [5, 5.41) is 3.20. The van der Waals surface area contributed by atoms with Crippen molar-refractivity contribution in [1.82, 2.24) is 9.97 Å². The Kier molecular flexibility index (Phi) is 4.85. The van der Waals surface area contributed by atoms with Gasteiger partial charge in [0.25, 0.3) is 4.90 Å². The highest BCUT2D eigenvalue weighted by molar-refractivity contribution is 7.65. The molecule has 3 aromatic rings. The minimum Gasteiger partial charge on any atom is -0.456 e. The third-order valence-electron chi connectivity index (χ3n) is 3.12. The number of aromatic nitrogens is 2. The van der Waals surface area contributed by atoms with Crippen molar-refractivity contribution in [2.45, 2.75) is 11.4 Å². The highest BCUT2D eigenvalue weighted by atomic mass is 32.1. The number of benzene rings is 1. The number of anilines is 1. The van der Waals surface area contributed by atoms with Gasteiger partial charge < -0.3 is 10.1 Å². The first-order valence-corrected chi connectivity index (χ1v) is 7.75. The number of hydrogen-bond donors (Lipinski definition) is 1. The van der Waals surface area contributed by atoms with Gasteiger partial charge in [-0.05, 0) is 36.4 Å².